The van der Waals surface area contributed by atoms with Crippen LogP contribution in [0.5, 0.6) is 17.2 Å². The zero-order valence-corrected chi connectivity index (χ0v) is 20.3. The lowest BCUT2D eigenvalue weighted by Crippen LogP contribution is -2.29. The number of aliphatic hydroxyl groups is 1. The molecule has 1 fully saturated rings. The molecule has 10 heteroatoms. The summed E-state index contributed by atoms with van der Waals surface area (Å²) in [7, 11) is 1.54. The molecule has 3 aromatic carbocycles. The predicted octanol–water partition coefficient (Wildman–Crippen LogP) is 4.84. The van der Waals surface area contributed by atoms with E-state index in [1.807, 2.05) is 0 Å². The fourth-order valence-electron chi connectivity index (χ4n) is 4.49. The first-order valence-corrected chi connectivity index (χ1v) is 12.2. The van der Waals surface area contributed by atoms with E-state index < -0.39 is 29.3 Å². The zero-order chi connectivity index (χ0) is 25.7. The van der Waals surface area contributed by atoms with Crippen molar-refractivity contribution in [3.63, 3.8) is 0 Å². The Bertz CT molecular complexity index is 1610. The molecule has 6 rings (SSSR count). The van der Waals surface area contributed by atoms with Crippen LogP contribution in [0.3, 0.4) is 0 Å². The number of aliphatic hydroxyl groups excluding tert-OH is 1. The highest BCUT2D eigenvalue weighted by Gasteiger charge is 2.49. The number of carbonyl (C=O) groups is 2. The van der Waals surface area contributed by atoms with Gasteiger partial charge in [-0.05, 0) is 42.5 Å². The molecule has 0 unspecified atom stereocenters. The maximum absolute atomic E-state index is 15.1. The molecule has 0 aliphatic carbocycles. The molecule has 2 aliphatic rings. The van der Waals surface area contributed by atoms with Crippen LogP contribution < -0.4 is 19.1 Å². The van der Waals surface area contributed by atoms with Gasteiger partial charge in [0.05, 0.1) is 22.9 Å². The number of anilines is 1. The molecule has 1 N–H and O–H groups in total. The van der Waals surface area contributed by atoms with Crippen molar-refractivity contribution in [2.75, 3.05) is 25.2 Å². The Morgan fingerprint density at radius 2 is 1.86 bits per heavy atom. The summed E-state index contributed by atoms with van der Waals surface area (Å²) in [6.45, 7) is 0.726. The average molecular weight is 519 g/mol. The van der Waals surface area contributed by atoms with E-state index in [4.69, 9.17) is 14.2 Å². The Morgan fingerprint density at radius 1 is 1.08 bits per heavy atom. The van der Waals surface area contributed by atoms with Crippen LogP contribution in [0.1, 0.15) is 17.2 Å². The number of hydrogen-bond acceptors (Lipinski definition) is 8. The molecular formula is C27H19FN2O6S. The van der Waals surface area contributed by atoms with Gasteiger partial charge in [0, 0.05) is 11.1 Å². The van der Waals surface area contributed by atoms with Gasteiger partial charge in [-0.1, -0.05) is 29.5 Å². The highest BCUT2D eigenvalue weighted by atomic mass is 32.1. The van der Waals surface area contributed by atoms with Crippen LogP contribution in [0.4, 0.5) is 9.52 Å². The Balaban J connectivity index is 1.54. The highest BCUT2D eigenvalue weighted by molar-refractivity contribution is 7.22. The van der Waals surface area contributed by atoms with Crippen LogP contribution in [-0.4, -0.2) is 42.1 Å². The molecule has 1 saturated heterocycles. The van der Waals surface area contributed by atoms with Gasteiger partial charge in [-0.15, -0.1) is 0 Å². The first-order chi connectivity index (χ1) is 18.0. The number of amides is 1. The number of carbonyl (C=O) groups excluding carboxylic acids is 2. The summed E-state index contributed by atoms with van der Waals surface area (Å²) < 4.78 is 32.2. The third-order valence-electron chi connectivity index (χ3n) is 6.25. The minimum atomic E-state index is -1.24. The van der Waals surface area contributed by atoms with Gasteiger partial charge in [0.25, 0.3) is 5.78 Å². The number of hydrogen-bond donors (Lipinski definition) is 1. The molecule has 4 aromatic rings. The molecule has 0 radical (unpaired) electrons. The smallest absolute Gasteiger partial charge is 0.301 e. The van der Waals surface area contributed by atoms with Crippen LogP contribution in [0.15, 0.2) is 66.2 Å². The summed E-state index contributed by atoms with van der Waals surface area (Å²) in [6.07, 6.45) is 0. The van der Waals surface area contributed by atoms with Gasteiger partial charge >= 0.3 is 5.91 Å². The molecule has 2 aliphatic heterocycles. The second-order valence-electron chi connectivity index (χ2n) is 8.38. The number of nitrogens with zero attached hydrogens (tertiary/aromatic N) is 2. The van der Waals surface area contributed by atoms with Gasteiger partial charge in [-0.25, -0.2) is 9.37 Å². The minimum Gasteiger partial charge on any atom is -0.507 e. The number of ether oxygens (including phenoxy) is 3. The van der Waals surface area contributed by atoms with Crippen molar-refractivity contribution in [2.24, 2.45) is 0 Å². The summed E-state index contributed by atoms with van der Waals surface area (Å²) in [5.74, 6) is -1.44. The Hall–Kier alpha value is -4.44. The van der Waals surface area contributed by atoms with Gasteiger partial charge in [0.15, 0.2) is 16.6 Å². The SMILES string of the molecule is COc1ccc2nc(N3C(=O)C(=O)/C(=C(/O)c4ccc5c(c4)OCCO5)[C@H]3c3ccccc3F)sc2c1. The van der Waals surface area contributed by atoms with Crippen LogP contribution >= 0.6 is 11.3 Å². The molecule has 0 saturated carbocycles. The van der Waals surface area contributed by atoms with E-state index in [1.54, 1.807) is 36.4 Å². The number of fused-ring (bicyclic) bond motifs is 2. The minimum absolute atomic E-state index is 0.0534. The van der Waals surface area contributed by atoms with Gasteiger partial charge in [-0.3, -0.25) is 14.5 Å². The van der Waals surface area contributed by atoms with Gasteiger partial charge in [0.1, 0.15) is 36.6 Å². The van der Waals surface area contributed by atoms with E-state index in [1.165, 1.54) is 31.4 Å². The van der Waals surface area contributed by atoms with Gasteiger partial charge < -0.3 is 19.3 Å². The molecule has 1 amide bonds. The van der Waals surface area contributed by atoms with Crippen molar-refractivity contribution in [3.05, 3.63) is 83.2 Å². The number of aromatic nitrogens is 1. The van der Waals surface area contributed by atoms with E-state index in [2.05, 4.69) is 4.98 Å². The maximum Gasteiger partial charge on any atom is 0.301 e. The van der Waals surface area contributed by atoms with Crippen molar-refractivity contribution in [3.8, 4) is 17.2 Å². The number of thiazole rings is 1. The second kappa shape index (κ2) is 8.90. The third-order valence-corrected chi connectivity index (χ3v) is 7.27. The van der Waals surface area contributed by atoms with Crippen molar-refractivity contribution in [1.29, 1.82) is 0 Å². The van der Waals surface area contributed by atoms with E-state index in [0.717, 1.165) is 20.9 Å². The quantitative estimate of drug-likeness (QED) is 0.235. The predicted molar refractivity (Wildman–Crippen MR) is 135 cm³/mol. The summed E-state index contributed by atoms with van der Waals surface area (Å²) in [5, 5.41) is 11.5. The maximum atomic E-state index is 15.1. The number of Topliss-reactive ketones (excluding diaryl/α,β-unsaturated/α-hetero) is 1. The van der Waals surface area contributed by atoms with Gasteiger partial charge in [0.2, 0.25) is 0 Å². The number of benzene rings is 3. The lowest BCUT2D eigenvalue weighted by atomic mass is 9.95. The number of ketones is 1. The molecule has 1 aromatic heterocycles. The number of halogens is 1. The Morgan fingerprint density at radius 3 is 2.65 bits per heavy atom. The normalized spacial score (nSPS) is 18.4. The lowest BCUT2D eigenvalue weighted by molar-refractivity contribution is -0.132. The monoisotopic (exact) mass is 518 g/mol. The van der Waals surface area contributed by atoms with Crippen molar-refractivity contribution >= 4 is 44.1 Å². The summed E-state index contributed by atoms with van der Waals surface area (Å²) >= 11 is 1.16. The van der Waals surface area contributed by atoms with Crippen molar-refractivity contribution in [1.82, 2.24) is 4.98 Å². The number of methoxy groups -OCH3 is 1. The van der Waals surface area contributed by atoms with Gasteiger partial charge in [-0.2, -0.15) is 0 Å². The average Bonchev–Trinajstić information content (AvgIpc) is 3.45. The summed E-state index contributed by atoms with van der Waals surface area (Å²) in [5.41, 5.74) is 0.626. The van der Waals surface area contributed by atoms with Crippen LogP contribution in [0.25, 0.3) is 16.0 Å². The third kappa shape index (κ3) is 3.77. The Labute approximate surface area is 214 Å². The highest BCUT2D eigenvalue weighted by Crippen LogP contribution is 2.45. The summed E-state index contributed by atoms with van der Waals surface area (Å²) in [6, 6.07) is 14.5. The van der Waals surface area contributed by atoms with Crippen LogP contribution in [0, 0.1) is 5.82 Å². The molecule has 37 heavy (non-hydrogen) atoms. The molecular weight excluding hydrogens is 499 g/mol. The largest absolute Gasteiger partial charge is 0.507 e. The van der Waals surface area contributed by atoms with Crippen LogP contribution in [0.2, 0.25) is 0 Å². The molecule has 8 nitrogen and oxygen atoms in total. The van der Waals surface area contributed by atoms with Crippen molar-refractivity contribution < 1.29 is 33.3 Å². The Kier molecular flexibility index (Phi) is 5.53. The summed E-state index contributed by atoms with van der Waals surface area (Å²) in [4.78, 5) is 32.4. The van der Waals surface area contributed by atoms with E-state index in [-0.39, 0.29) is 21.8 Å². The molecule has 3 heterocycles. The van der Waals surface area contributed by atoms with Crippen molar-refractivity contribution in [2.45, 2.75) is 6.04 Å². The molecule has 0 spiro atoms. The first kappa shape index (κ1) is 23.0. The molecule has 186 valence electrons. The first-order valence-electron chi connectivity index (χ1n) is 11.4. The fraction of sp³-hybridized carbons (Fsp3) is 0.148. The lowest BCUT2D eigenvalue weighted by Gasteiger charge is -2.23. The number of rotatable bonds is 4. The molecule has 1 atom stereocenters. The molecule has 0 bridgehead atoms. The zero-order valence-electron chi connectivity index (χ0n) is 19.4. The van der Waals surface area contributed by atoms with Crippen LogP contribution in [-0.2, 0) is 9.59 Å². The van der Waals surface area contributed by atoms with E-state index >= 15 is 4.39 Å². The topological polar surface area (TPSA) is 98.2 Å². The second-order valence-corrected chi connectivity index (χ2v) is 9.39. The standard InChI is InChI=1S/C27H19FN2O6S/c1-34-15-7-8-18-21(13-15)37-27(29-18)30-23(16-4-2-3-5-17(16)28)22(25(32)26(30)33)24(31)14-6-9-19-20(12-14)36-11-10-35-19/h2-9,12-13,23,31H,10-11H2,1H3/b24-22+/t23-/m1/s1. The van der Waals surface area contributed by atoms with E-state index in [0.29, 0.717) is 36.0 Å². The fourth-order valence-corrected chi connectivity index (χ4v) is 5.51. The van der Waals surface area contributed by atoms with E-state index in [9.17, 15) is 14.7 Å².